The molecule has 1 N–H and O–H groups in total. The van der Waals surface area contributed by atoms with E-state index in [9.17, 15) is 0 Å². The standard InChI is InChI=1S/C14H18BrNOS/c1-8-7-12(11(4)18-8)9(2)16-10(3)13-5-6-14(15)17-13/h5-7,9-10,16H,1-4H3. The highest BCUT2D eigenvalue weighted by molar-refractivity contribution is 9.10. The maximum atomic E-state index is 5.57. The molecule has 98 valence electrons. The fraction of sp³-hybridized carbons (Fsp3) is 0.429. The fourth-order valence-corrected chi connectivity index (χ4v) is 3.53. The normalized spacial score (nSPS) is 14.7. The van der Waals surface area contributed by atoms with E-state index in [1.165, 1.54) is 15.3 Å². The summed E-state index contributed by atoms with van der Waals surface area (Å²) in [6.07, 6.45) is 0. The van der Waals surface area contributed by atoms with Gasteiger partial charge in [-0.1, -0.05) is 0 Å². The van der Waals surface area contributed by atoms with E-state index in [0.29, 0.717) is 6.04 Å². The van der Waals surface area contributed by atoms with E-state index in [1.807, 2.05) is 23.5 Å². The van der Waals surface area contributed by atoms with Crippen molar-refractivity contribution in [3.8, 4) is 0 Å². The van der Waals surface area contributed by atoms with E-state index < -0.39 is 0 Å². The number of halogens is 1. The third kappa shape index (κ3) is 3.05. The van der Waals surface area contributed by atoms with Crippen molar-refractivity contribution >= 4 is 27.3 Å². The van der Waals surface area contributed by atoms with Gasteiger partial charge in [-0.25, -0.2) is 0 Å². The van der Waals surface area contributed by atoms with Crippen LogP contribution in [-0.4, -0.2) is 0 Å². The summed E-state index contributed by atoms with van der Waals surface area (Å²) < 4.78 is 6.35. The van der Waals surface area contributed by atoms with E-state index in [1.54, 1.807) is 0 Å². The Morgan fingerprint density at radius 1 is 1.22 bits per heavy atom. The van der Waals surface area contributed by atoms with Gasteiger partial charge in [0.25, 0.3) is 0 Å². The van der Waals surface area contributed by atoms with Gasteiger partial charge >= 0.3 is 0 Å². The molecule has 0 bridgehead atoms. The van der Waals surface area contributed by atoms with Crippen molar-refractivity contribution in [3.05, 3.63) is 43.9 Å². The molecular weight excluding hydrogens is 310 g/mol. The van der Waals surface area contributed by atoms with Crippen molar-refractivity contribution < 1.29 is 4.42 Å². The Labute approximate surface area is 121 Å². The molecule has 0 aliphatic rings. The summed E-state index contributed by atoms with van der Waals surface area (Å²) in [5.41, 5.74) is 1.38. The Morgan fingerprint density at radius 3 is 2.44 bits per heavy atom. The highest BCUT2D eigenvalue weighted by Crippen LogP contribution is 2.28. The number of aryl methyl sites for hydroxylation is 2. The molecule has 2 atom stereocenters. The van der Waals surface area contributed by atoms with Crippen LogP contribution in [-0.2, 0) is 0 Å². The average Bonchev–Trinajstić information content (AvgIpc) is 2.84. The highest BCUT2D eigenvalue weighted by Gasteiger charge is 2.16. The molecule has 4 heteroatoms. The maximum Gasteiger partial charge on any atom is 0.169 e. The zero-order valence-corrected chi connectivity index (χ0v) is 13.5. The molecule has 0 saturated heterocycles. The van der Waals surface area contributed by atoms with Gasteiger partial charge < -0.3 is 9.73 Å². The predicted octanol–water partition coefficient (Wildman–Crippen LogP) is 5.13. The Balaban J connectivity index is 2.07. The average molecular weight is 328 g/mol. The van der Waals surface area contributed by atoms with Gasteiger partial charge in [0, 0.05) is 15.8 Å². The summed E-state index contributed by atoms with van der Waals surface area (Å²) in [7, 11) is 0. The summed E-state index contributed by atoms with van der Waals surface area (Å²) in [6.45, 7) is 8.65. The SMILES string of the molecule is Cc1cc(C(C)NC(C)c2ccc(Br)o2)c(C)s1. The van der Waals surface area contributed by atoms with Crippen LogP contribution in [0.3, 0.4) is 0 Å². The van der Waals surface area contributed by atoms with Gasteiger partial charge in [0.1, 0.15) is 5.76 Å². The first kappa shape index (κ1) is 13.8. The van der Waals surface area contributed by atoms with Gasteiger partial charge in [0.2, 0.25) is 0 Å². The van der Waals surface area contributed by atoms with Crippen LogP contribution in [0.5, 0.6) is 0 Å². The molecule has 0 aromatic carbocycles. The van der Waals surface area contributed by atoms with Crippen molar-refractivity contribution in [1.82, 2.24) is 5.32 Å². The zero-order chi connectivity index (χ0) is 13.3. The molecular formula is C14H18BrNOS. The first-order valence-corrected chi connectivity index (χ1v) is 7.66. The molecule has 2 nitrogen and oxygen atoms in total. The van der Waals surface area contributed by atoms with Gasteiger partial charge in [0.15, 0.2) is 4.67 Å². The number of hydrogen-bond donors (Lipinski definition) is 1. The number of hydrogen-bond acceptors (Lipinski definition) is 3. The van der Waals surface area contributed by atoms with Gasteiger partial charge in [-0.15, -0.1) is 11.3 Å². The molecule has 0 saturated carbocycles. The van der Waals surface area contributed by atoms with Crippen LogP contribution >= 0.6 is 27.3 Å². The predicted molar refractivity (Wildman–Crippen MR) is 80.2 cm³/mol. The number of furan rings is 1. The van der Waals surface area contributed by atoms with E-state index in [2.05, 4.69) is 55.0 Å². The molecule has 2 aromatic heterocycles. The fourth-order valence-electron chi connectivity index (χ4n) is 2.19. The Morgan fingerprint density at radius 2 is 1.94 bits per heavy atom. The summed E-state index contributed by atoms with van der Waals surface area (Å²) >= 11 is 5.19. The second-order valence-corrected chi connectivity index (χ2v) is 6.86. The summed E-state index contributed by atoms with van der Waals surface area (Å²) in [4.78, 5) is 2.75. The molecule has 0 aliphatic carbocycles. The molecule has 2 heterocycles. The number of thiophene rings is 1. The van der Waals surface area contributed by atoms with Crippen molar-refractivity contribution in [2.24, 2.45) is 0 Å². The van der Waals surface area contributed by atoms with Gasteiger partial charge in [-0.3, -0.25) is 0 Å². The van der Waals surface area contributed by atoms with Crippen LogP contribution < -0.4 is 5.32 Å². The maximum absolute atomic E-state index is 5.57. The molecule has 2 unspecified atom stereocenters. The van der Waals surface area contributed by atoms with Crippen LogP contribution in [0, 0.1) is 13.8 Å². The monoisotopic (exact) mass is 327 g/mol. The number of rotatable bonds is 4. The van der Waals surface area contributed by atoms with Gasteiger partial charge in [0.05, 0.1) is 6.04 Å². The van der Waals surface area contributed by atoms with Crippen molar-refractivity contribution in [3.63, 3.8) is 0 Å². The second-order valence-electron chi connectivity index (χ2n) is 4.62. The molecule has 0 amide bonds. The molecule has 0 radical (unpaired) electrons. The molecule has 18 heavy (non-hydrogen) atoms. The second kappa shape index (κ2) is 5.59. The van der Waals surface area contributed by atoms with Crippen LogP contribution in [0.25, 0.3) is 0 Å². The quantitative estimate of drug-likeness (QED) is 0.841. The molecule has 0 fully saturated rings. The first-order valence-electron chi connectivity index (χ1n) is 6.05. The van der Waals surface area contributed by atoms with E-state index in [-0.39, 0.29) is 6.04 Å². The Kier molecular flexibility index (Phi) is 4.30. The molecule has 2 rings (SSSR count). The van der Waals surface area contributed by atoms with Crippen LogP contribution in [0.15, 0.2) is 27.3 Å². The highest BCUT2D eigenvalue weighted by atomic mass is 79.9. The topological polar surface area (TPSA) is 25.2 Å². The first-order chi connectivity index (χ1) is 8.47. The summed E-state index contributed by atoms with van der Waals surface area (Å²) in [6, 6.07) is 6.72. The minimum atomic E-state index is 0.200. The zero-order valence-electron chi connectivity index (χ0n) is 11.1. The Hall–Kier alpha value is -0.580. The third-order valence-electron chi connectivity index (χ3n) is 3.07. The lowest BCUT2D eigenvalue weighted by molar-refractivity contribution is 0.393. The van der Waals surface area contributed by atoms with Gasteiger partial charge in [-0.05, 0) is 67.4 Å². The van der Waals surface area contributed by atoms with Crippen molar-refractivity contribution in [2.75, 3.05) is 0 Å². The van der Waals surface area contributed by atoms with E-state index in [0.717, 1.165) is 10.4 Å². The lowest BCUT2D eigenvalue weighted by Crippen LogP contribution is -2.22. The minimum Gasteiger partial charge on any atom is -0.453 e. The van der Waals surface area contributed by atoms with E-state index in [4.69, 9.17) is 4.42 Å². The lowest BCUT2D eigenvalue weighted by atomic mass is 10.1. The smallest absolute Gasteiger partial charge is 0.169 e. The molecule has 2 aromatic rings. The van der Waals surface area contributed by atoms with Gasteiger partial charge in [-0.2, -0.15) is 0 Å². The van der Waals surface area contributed by atoms with Crippen molar-refractivity contribution in [1.29, 1.82) is 0 Å². The molecule has 0 spiro atoms. The Bertz CT molecular complexity index is 532. The van der Waals surface area contributed by atoms with Crippen LogP contribution in [0.4, 0.5) is 0 Å². The minimum absolute atomic E-state index is 0.200. The van der Waals surface area contributed by atoms with E-state index >= 15 is 0 Å². The lowest BCUT2D eigenvalue weighted by Gasteiger charge is -2.18. The third-order valence-corrected chi connectivity index (χ3v) is 4.47. The summed E-state index contributed by atoms with van der Waals surface area (Å²) in [5.74, 6) is 0.957. The number of nitrogens with one attached hydrogen (secondary N) is 1. The summed E-state index contributed by atoms with van der Waals surface area (Å²) in [5, 5.41) is 3.57. The van der Waals surface area contributed by atoms with Crippen LogP contribution in [0.2, 0.25) is 0 Å². The largest absolute Gasteiger partial charge is 0.453 e. The van der Waals surface area contributed by atoms with Crippen LogP contribution in [0.1, 0.15) is 47.0 Å². The molecule has 0 aliphatic heterocycles. The van der Waals surface area contributed by atoms with Crippen molar-refractivity contribution in [2.45, 2.75) is 39.8 Å².